The summed E-state index contributed by atoms with van der Waals surface area (Å²) in [5.41, 5.74) is 5.73. The Hall–Kier alpha value is -3.72. The molecule has 2 heterocycles. The van der Waals surface area contributed by atoms with Crippen molar-refractivity contribution in [1.82, 2.24) is 9.80 Å². The van der Waals surface area contributed by atoms with Crippen molar-refractivity contribution in [1.29, 1.82) is 0 Å². The number of carboxylic acid groups (broad SMARTS) is 1. The van der Waals surface area contributed by atoms with E-state index >= 15 is 0 Å². The smallest absolute Gasteiger partial charge is 0.323 e. The molecule has 0 atom stereocenters. The fraction of sp³-hybridized carbons (Fsp3) is 0.459. The highest BCUT2D eigenvalue weighted by atomic mass is 16.5. The minimum Gasteiger partial charge on any atom is -0.491 e. The van der Waals surface area contributed by atoms with E-state index in [0.717, 1.165) is 55.8 Å². The normalized spacial score (nSPS) is 17.0. The second kappa shape index (κ2) is 15.0. The largest absolute Gasteiger partial charge is 0.491 e. The third kappa shape index (κ3) is 9.16. The number of rotatable bonds is 6. The van der Waals surface area contributed by atoms with E-state index in [1.807, 2.05) is 36.4 Å². The summed E-state index contributed by atoms with van der Waals surface area (Å²) in [4.78, 5) is 29.5. The zero-order valence-electron chi connectivity index (χ0n) is 26.8. The van der Waals surface area contributed by atoms with Crippen molar-refractivity contribution in [2.75, 3.05) is 46.1 Å². The highest BCUT2D eigenvalue weighted by Gasteiger charge is 2.23. The van der Waals surface area contributed by atoms with Crippen LogP contribution in [0.1, 0.15) is 71.8 Å². The van der Waals surface area contributed by atoms with E-state index in [0.29, 0.717) is 43.6 Å². The Morgan fingerprint density at radius 2 is 1.62 bits per heavy atom. The topological polar surface area (TPSA) is 88.5 Å². The summed E-state index contributed by atoms with van der Waals surface area (Å²) in [5.74, 6) is -0.685. The SMILES string of the molecule is CC(C)(C)c1ccc(CN(CC(=O)O)C(=O)c2ccc3c(c2)Cc2cccc(c2)CN(C2CCOCC2)CCOCCO3)cc1. The molecule has 8 heteroatoms. The number of carbonyl (C=O) groups excluding carboxylic acids is 1. The zero-order valence-corrected chi connectivity index (χ0v) is 26.8. The predicted molar refractivity (Wildman–Crippen MR) is 174 cm³/mol. The molecule has 0 saturated carbocycles. The zero-order chi connectivity index (χ0) is 31.8. The van der Waals surface area contributed by atoms with Crippen LogP contribution in [0.2, 0.25) is 0 Å². The van der Waals surface area contributed by atoms with Crippen LogP contribution in [0.5, 0.6) is 5.75 Å². The van der Waals surface area contributed by atoms with E-state index in [4.69, 9.17) is 14.2 Å². The number of ether oxygens (including phenoxy) is 3. The van der Waals surface area contributed by atoms with E-state index in [9.17, 15) is 14.7 Å². The molecule has 8 nitrogen and oxygen atoms in total. The molecule has 2 bridgehead atoms. The van der Waals surface area contributed by atoms with Crippen molar-refractivity contribution >= 4 is 11.9 Å². The molecule has 1 fully saturated rings. The Morgan fingerprint density at radius 1 is 0.889 bits per heavy atom. The van der Waals surface area contributed by atoms with Crippen LogP contribution in [0.25, 0.3) is 0 Å². The second-order valence-corrected chi connectivity index (χ2v) is 13.1. The Labute approximate surface area is 266 Å². The Balaban J connectivity index is 1.39. The van der Waals surface area contributed by atoms with Gasteiger partial charge in [0, 0.05) is 50.9 Å². The molecule has 0 radical (unpaired) electrons. The first-order valence-electron chi connectivity index (χ1n) is 16.0. The Kier molecular flexibility index (Phi) is 10.9. The summed E-state index contributed by atoms with van der Waals surface area (Å²) in [7, 11) is 0. The first kappa shape index (κ1) is 32.7. The molecular formula is C37H46N2O6. The third-order valence-corrected chi connectivity index (χ3v) is 8.60. The quantitative estimate of drug-likeness (QED) is 0.382. The van der Waals surface area contributed by atoms with Gasteiger partial charge >= 0.3 is 5.97 Å². The third-order valence-electron chi connectivity index (χ3n) is 8.60. The maximum Gasteiger partial charge on any atom is 0.323 e. The minimum atomic E-state index is -1.05. The van der Waals surface area contributed by atoms with Gasteiger partial charge in [0.2, 0.25) is 0 Å². The van der Waals surface area contributed by atoms with Gasteiger partial charge in [-0.2, -0.15) is 0 Å². The summed E-state index contributed by atoms with van der Waals surface area (Å²) in [5, 5.41) is 9.66. The fourth-order valence-corrected chi connectivity index (χ4v) is 6.10. The summed E-state index contributed by atoms with van der Waals surface area (Å²) < 4.78 is 17.7. The number of hydrogen-bond donors (Lipinski definition) is 1. The van der Waals surface area contributed by atoms with Crippen molar-refractivity contribution in [2.24, 2.45) is 0 Å². The molecule has 5 rings (SSSR count). The molecule has 0 unspecified atom stereocenters. The maximum atomic E-state index is 13.8. The van der Waals surface area contributed by atoms with Crippen molar-refractivity contribution in [3.8, 4) is 5.75 Å². The molecule has 1 N–H and O–H groups in total. The van der Waals surface area contributed by atoms with Gasteiger partial charge in [-0.3, -0.25) is 14.5 Å². The van der Waals surface area contributed by atoms with Gasteiger partial charge in [0.25, 0.3) is 5.91 Å². The van der Waals surface area contributed by atoms with Crippen LogP contribution in [0.4, 0.5) is 0 Å². The lowest BCUT2D eigenvalue weighted by Crippen LogP contribution is -2.41. The Morgan fingerprint density at radius 3 is 2.36 bits per heavy atom. The molecule has 3 aromatic rings. The van der Waals surface area contributed by atoms with Gasteiger partial charge in [0.05, 0.1) is 13.2 Å². The minimum absolute atomic E-state index is 0.00211. The summed E-state index contributed by atoms with van der Waals surface area (Å²) in [6, 6.07) is 22.5. The summed E-state index contributed by atoms with van der Waals surface area (Å²) >= 11 is 0. The van der Waals surface area contributed by atoms with Gasteiger partial charge < -0.3 is 24.2 Å². The van der Waals surface area contributed by atoms with Gasteiger partial charge in [-0.25, -0.2) is 0 Å². The molecule has 0 aromatic heterocycles. The van der Waals surface area contributed by atoms with Crippen molar-refractivity contribution in [3.05, 3.63) is 100 Å². The Bertz CT molecular complexity index is 1440. The predicted octanol–water partition coefficient (Wildman–Crippen LogP) is 5.69. The molecule has 2 aliphatic heterocycles. The lowest BCUT2D eigenvalue weighted by atomic mass is 9.87. The average Bonchev–Trinajstić information content (AvgIpc) is 3.02. The van der Waals surface area contributed by atoms with Crippen LogP contribution in [-0.2, 0) is 39.2 Å². The van der Waals surface area contributed by atoms with Crippen LogP contribution >= 0.6 is 0 Å². The van der Waals surface area contributed by atoms with Gasteiger partial charge in [0.15, 0.2) is 0 Å². The van der Waals surface area contributed by atoms with Crippen LogP contribution in [0.3, 0.4) is 0 Å². The summed E-state index contributed by atoms with van der Waals surface area (Å²) in [6.07, 6.45) is 2.62. The van der Waals surface area contributed by atoms with E-state index in [-0.39, 0.29) is 17.9 Å². The van der Waals surface area contributed by atoms with E-state index in [2.05, 4.69) is 49.9 Å². The molecule has 45 heavy (non-hydrogen) atoms. The van der Waals surface area contributed by atoms with Gasteiger partial charge in [0.1, 0.15) is 18.9 Å². The van der Waals surface area contributed by atoms with Crippen molar-refractivity contribution < 1.29 is 28.9 Å². The first-order chi connectivity index (χ1) is 21.7. The van der Waals surface area contributed by atoms with Crippen LogP contribution < -0.4 is 4.74 Å². The van der Waals surface area contributed by atoms with Crippen LogP contribution in [0, 0.1) is 0 Å². The van der Waals surface area contributed by atoms with Crippen molar-refractivity contribution in [2.45, 2.75) is 64.6 Å². The number of benzene rings is 3. The lowest BCUT2D eigenvalue weighted by Gasteiger charge is -2.34. The first-order valence-corrected chi connectivity index (χ1v) is 16.0. The molecule has 240 valence electrons. The standard InChI is InChI=1S/C37H46N2O6/c1-37(2,3)32-10-7-27(8-11-32)24-39(26-35(40)41)36(42)30-9-12-34-31(23-30)22-28-5-4-6-29(21-28)25-38(15-18-44-19-20-45-34)33-13-16-43-17-14-33/h4-12,21,23,33H,13-20,22,24-26H2,1-3H3,(H,40,41). The maximum absolute atomic E-state index is 13.8. The lowest BCUT2D eigenvalue weighted by molar-refractivity contribution is -0.137. The molecule has 3 aromatic carbocycles. The number of nitrogens with zero attached hydrogens (tertiary/aromatic N) is 2. The highest BCUT2D eigenvalue weighted by Crippen LogP contribution is 2.27. The van der Waals surface area contributed by atoms with E-state index in [1.54, 1.807) is 6.07 Å². The molecule has 1 saturated heterocycles. The molecule has 1 amide bonds. The number of fused-ring (bicyclic) bond motifs is 3. The highest BCUT2D eigenvalue weighted by molar-refractivity contribution is 5.96. The van der Waals surface area contributed by atoms with E-state index in [1.165, 1.54) is 16.0 Å². The van der Waals surface area contributed by atoms with Gasteiger partial charge in [-0.05, 0) is 64.3 Å². The number of carbonyl (C=O) groups is 2. The van der Waals surface area contributed by atoms with Gasteiger partial charge in [-0.15, -0.1) is 0 Å². The number of hydrogen-bond acceptors (Lipinski definition) is 6. The number of carboxylic acids is 1. The van der Waals surface area contributed by atoms with E-state index < -0.39 is 12.5 Å². The summed E-state index contributed by atoms with van der Waals surface area (Å²) in [6.45, 7) is 11.0. The monoisotopic (exact) mass is 614 g/mol. The van der Waals surface area contributed by atoms with Gasteiger partial charge in [-0.1, -0.05) is 69.3 Å². The molecular weight excluding hydrogens is 568 g/mol. The average molecular weight is 615 g/mol. The number of amides is 1. The van der Waals surface area contributed by atoms with Crippen LogP contribution in [0.15, 0.2) is 66.7 Å². The fourth-order valence-electron chi connectivity index (χ4n) is 6.10. The molecule has 2 aliphatic rings. The number of aliphatic carboxylic acids is 1. The van der Waals surface area contributed by atoms with Crippen molar-refractivity contribution in [3.63, 3.8) is 0 Å². The van der Waals surface area contributed by atoms with Crippen LogP contribution in [-0.4, -0.2) is 78.9 Å². The second-order valence-electron chi connectivity index (χ2n) is 13.1. The molecule has 0 spiro atoms. The molecule has 0 aliphatic carbocycles.